The maximum Gasteiger partial charge on any atom is 0.573 e. The molecule has 2 rings (SSSR count). The Morgan fingerprint density at radius 2 is 1.90 bits per heavy atom. The molecule has 0 aliphatic rings. The molecule has 1 atom stereocenters. The largest absolute Gasteiger partial charge is 0.573 e. The van der Waals surface area contributed by atoms with Crippen LogP contribution in [0.15, 0.2) is 36.5 Å². The van der Waals surface area contributed by atoms with E-state index in [4.69, 9.17) is 0 Å². The molecular formula is C13H13F3N2O2. The monoisotopic (exact) mass is 286 g/mol. The molecule has 0 aliphatic heterocycles. The van der Waals surface area contributed by atoms with Crippen LogP contribution in [0.4, 0.5) is 13.2 Å². The van der Waals surface area contributed by atoms with Crippen LogP contribution in [0.1, 0.15) is 17.4 Å². The smallest absolute Gasteiger partial charge is 0.406 e. The fourth-order valence-electron chi connectivity index (χ4n) is 1.78. The van der Waals surface area contributed by atoms with Crippen molar-refractivity contribution < 1.29 is 23.0 Å². The van der Waals surface area contributed by atoms with Crippen LogP contribution in [0.2, 0.25) is 0 Å². The molecule has 1 unspecified atom stereocenters. The van der Waals surface area contributed by atoms with Crippen molar-refractivity contribution in [3.8, 4) is 5.75 Å². The lowest BCUT2D eigenvalue weighted by Crippen LogP contribution is -2.17. The van der Waals surface area contributed by atoms with Gasteiger partial charge in [0.05, 0.1) is 11.8 Å². The number of nitrogens with zero attached hydrogens (tertiary/aromatic N) is 2. The lowest BCUT2D eigenvalue weighted by Gasteiger charge is -2.12. The minimum atomic E-state index is -4.71. The molecule has 0 amide bonds. The summed E-state index contributed by atoms with van der Waals surface area (Å²) in [6, 6.07) is 6.91. The quantitative estimate of drug-likeness (QED) is 0.939. The minimum absolute atomic E-state index is 0.292. The summed E-state index contributed by atoms with van der Waals surface area (Å²) in [5.74, 6) is -0.314. The molecule has 0 saturated heterocycles. The van der Waals surface area contributed by atoms with Crippen LogP contribution >= 0.6 is 0 Å². The zero-order valence-corrected chi connectivity index (χ0v) is 10.6. The number of halogens is 3. The van der Waals surface area contributed by atoms with Crippen molar-refractivity contribution in [2.45, 2.75) is 18.9 Å². The first-order valence-corrected chi connectivity index (χ1v) is 5.86. The molecule has 20 heavy (non-hydrogen) atoms. The summed E-state index contributed by atoms with van der Waals surface area (Å²) in [4.78, 5) is 0. The summed E-state index contributed by atoms with van der Waals surface area (Å²) in [6.45, 7) is 0. The summed E-state index contributed by atoms with van der Waals surface area (Å²) in [5, 5.41) is 14.1. The maximum absolute atomic E-state index is 12.0. The molecule has 4 nitrogen and oxygen atoms in total. The topological polar surface area (TPSA) is 47.3 Å². The average molecular weight is 286 g/mol. The van der Waals surface area contributed by atoms with Gasteiger partial charge < -0.3 is 9.84 Å². The molecule has 0 bridgehead atoms. The van der Waals surface area contributed by atoms with Gasteiger partial charge in [-0.25, -0.2) is 0 Å². The van der Waals surface area contributed by atoms with Gasteiger partial charge >= 0.3 is 6.36 Å². The van der Waals surface area contributed by atoms with Gasteiger partial charge in [0, 0.05) is 19.7 Å². The van der Waals surface area contributed by atoms with E-state index in [1.54, 1.807) is 24.0 Å². The van der Waals surface area contributed by atoms with Crippen molar-refractivity contribution >= 4 is 0 Å². The van der Waals surface area contributed by atoms with E-state index >= 15 is 0 Å². The molecule has 108 valence electrons. The molecule has 7 heteroatoms. The molecular weight excluding hydrogens is 273 g/mol. The zero-order chi connectivity index (χ0) is 14.8. The highest BCUT2D eigenvalue weighted by Gasteiger charge is 2.31. The number of aryl methyl sites for hydroxylation is 1. The Morgan fingerprint density at radius 1 is 1.25 bits per heavy atom. The van der Waals surface area contributed by atoms with Gasteiger partial charge in [-0.15, -0.1) is 13.2 Å². The van der Waals surface area contributed by atoms with Gasteiger partial charge in [0.15, 0.2) is 0 Å². The van der Waals surface area contributed by atoms with Gasteiger partial charge in [-0.2, -0.15) is 5.10 Å². The van der Waals surface area contributed by atoms with E-state index < -0.39 is 12.5 Å². The maximum atomic E-state index is 12.0. The predicted molar refractivity (Wildman–Crippen MR) is 65.0 cm³/mol. The fourth-order valence-corrected chi connectivity index (χ4v) is 1.78. The number of hydrogen-bond donors (Lipinski definition) is 1. The fraction of sp³-hybridized carbons (Fsp3) is 0.308. The SMILES string of the molecule is Cn1ccc(CC(O)c2ccc(OC(F)(F)F)cc2)n1. The third-order valence-electron chi connectivity index (χ3n) is 2.67. The van der Waals surface area contributed by atoms with Gasteiger partial charge in [-0.05, 0) is 23.8 Å². The Morgan fingerprint density at radius 3 is 2.40 bits per heavy atom. The number of aliphatic hydroxyl groups excluding tert-OH is 1. The third-order valence-corrected chi connectivity index (χ3v) is 2.67. The van der Waals surface area contributed by atoms with Crippen LogP contribution in [0.5, 0.6) is 5.75 Å². The van der Waals surface area contributed by atoms with Crippen LogP contribution in [0.25, 0.3) is 0 Å². The highest BCUT2D eigenvalue weighted by Crippen LogP contribution is 2.25. The summed E-state index contributed by atoms with van der Waals surface area (Å²) in [7, 11) is 1.76. The Labute approximate surface area is 113 Å². The first-order chi connectivity index (χ1) is 9.33. The second-order valence-electron chi connectivity index (χ2n) is 4.32. The Hall–Kier alpha value is -2.02. The number of alkyl halides is 3. The first kappa shape index (κ1) is 14.4. The predicted octanol–water partition coefficient (Wildman–Crippen LogP) is 2.59. The van der Waals surface area contributed by atoms with Gasteiger partial charge in [-0.1, -0.05) is 12.1 Å². The van der Waals surface area contributed by atoms with Crippen molar-refractivity contribution in [2.24, 2.45) is 7.05 Å². The normalized spacial score (nSPS) is 13.2. The van der Waals surface area contributed by atoms with Crippen molar-refractivity contribution in [2.75, 3.05) is 0 Å². The van der Waals surface area contributed by atoms with Crippen molar-refractivity contribution in [1.29, 1.82) is 0 Å². The van der Waals surface area contributed by atoms with E-state index in [0.29, 0.717) is 17.7 Å². The van der Waals surface area contributed by atoms with E-state index in [2.05, 4.69) is 9.84 Å². The Bertz CT molecular complexity index is 564. The van der Waals surface area contributed by atoms with Crippen molar-refractivity contribution in [3.05, 3.63) is 47.8 Å². The van der Waals surface area contributed by atoms with Crippen LogP contribution in [-0.4, -0.2) is 21.2 Å². The molecule has 0 aliphatic carbocycles. The summed E-state index contributed by atoms with van der Waals surface area (Å²) < 4.78 is 41.4. The number of aliphatic hydroxyl groups is 1. The number of hydrogen-bond acceptors (Lipinski definition) is 3. The van der Waals surface area contributed by atoms with Crippen LogP contribution in [-0.2, 0) is 13.5 Å². The minimum Gasteiger partial charge on any atom is -0.406 e. The molecule has 0 fully saturated rings. The Kier molecular flexibility index (Phi) is 3.99. The summed E-state index contributed by atoms with van der Waals surface area (Å²) in [6.07, 6.45) is -3.50. The lowest BCUT2D eigenvalue weighted by molar-refractivity contribution is -0.274. The first-order valence-electron chi connectivity index (χ1n) is 5.86. The van der Waals surface area contributed by atoms with E-state index in [1.165, 1.54) is 24.3 Å². The number of ether oxygens (including phenoxy) is 1. The van der Waals surface area contributed by atoms with Crippen LogP contribution < -0.4 is 4.74 Å². The summed E-state index contributed by atoms with van der Waals surface area (Å²) >= 11 is 0. The molecule has 0 saturated carbocycles. The second kappa shape index (κ2) is 5.54. The highest BCUT2D eigenvalue weighted by molar-refractivity contribution is 5.29. The third kappa shape index (κ3) is 3.99. The van der Waals surface area contributed by atoms with Gasteiger partial charge in [-0.3, -0.25) is 4.68 Å². The van der Waals surface area contributed by atoms with Gasteiger partial charge in [0.1, 0.15) is 5.75 Å². The van der Waals surface area contributed by atoms with Crippen LogP contribution in [0.3, 0.4) is 0 Å². The molecule has 1 aromatic carbocycles. The zero-order valence-electron chi connectivity index (χ0n) is 10.6. The second-order valence-corrected chi connectivity index (χ2v) is 4.32. The molecule has 0 spiro atoms. The van der Waals surface area contributed by atoms with Crippen molar-refractivity contribution in [3.63, 3.8) is 0 Å². The number of aromatic nitrogens is 2. The molecule has 1 N–H and O–H groups in total. The average Bonchev–Trinajstić information content (AvgIpc) is 2.73. The standard InChI is InChI=1S/C13H13F3N2O2/c1-18-7-6-10(17-18)8-12(19)9-2-4-11(5-3-9)20-13(14,15)16/h2-7,12,19H,8H2,1H3. The summed E-state index contributed by atoms with van der Waals surface area (Å²) in [5.41, 5.74) is 1.21. The van der Waals surface area contributed by atoms with Gasteiger partial charge in [0.25, 0.3) is 0 Å². The molecule has 1 heterocycles. The highest BCUT2D eigenvalue weighted by atomic mass is 19.4. The van der Waals surface area contributed by atoms with E-state index in [1.807, 2.05) is 0 Å². The molecule has 0 radical (unpaired) electrons. The number of rotatable bonds is 4. The molecule has 2 aromatic rings. The number of benzene rings is 1. The Balaban J connectivity index is 2.02. The van der Waals surface area contributed by atoms with E-state index in [9.17, 15) is 18.3 Å². The van der Waals surface area contributed by atoms with Crippen LogP contribution in [0, 0.1) is 0 Å². The van der Waals surface area contributed by atoms with Gasteiger partial charge in [0.2, 0.25) is 0 Å². The van der Waals surface area contributed by atoms with E-state index in [-0.39, 0.29) is 5.75 Å². The molecule has 1 aromatic heterocycles. The van der Waals surface area contributed by atoms with Crippen molar-refractivity contribution in [1.82, 2.24) is 9.78 Å². The van der Waals surface area contributed by atoms with E-state index in [0.717, 1.165) is 0 Å². The lowest BCUT2D eigenvalue weighted by atomic mass is 10.1.